The summed E-state index contributed by atoms with van der Waals surface area (Å²) >= 11 is 5.91. The Labute approximate surface area is 112 Å². The number of carboxylic acid groups (broad SMARTS) is 1. The number of carbonyl (C=O) groups is 1. The highest BCUT2D eigenvalue weighted by atomic mass is 35.5. The van der Waals surface area contributed by atoms with Crippen molar-refractivity contribution in [2.75, 3.05) is 0 Å². The molecule has 0 aliphatic heterocycles. The smallest absolute Gasteiger partial charge is 0.358 e. The predicted octanol–water partition coefficient (Wildman–Crippen LogP) is 2.49. The van der Waals surface area contributed by atoms with Crippen LogP contribution in [0.1, 0.15) is 16.1 Å². The van der Waals surface area contributed by atoms with Crippen molar-refractivity contribution in [1.82, 2.24) is 9.97 Å². The van der Waals surface area contributed by atoms with Crippen LogP contribution in [0.25, 0.3) is 0 Å². The Morgan fingerprint density at radius 1 is 1.37 bits per heavy atom. The van der Waals surface area contributed by atoms with E-state index in [1.807, 2.05) is 6.07 Å². The lowest BCUT2D eigenvalue weighted by molar-refractivity contribution is 0.0687. The molecule has 0 aliphatic carbocycles. The summed E-state index contributed by atoms with van der Waals surface area (Å²) < 4.78 is 5.31. The van der Waals surface area contributed by atoms with Gasteiger partial charge in [0, 0.05) is 12.4 Å². The van der Waals surface area contributed by atoms with E-state index in [9.17, 15) is 4.79 Å². The quantitative estimate of drug-likeness (QED) is 0.924. The molecule has 2 rings (SSSR count). The number of pyridine rings is 2. The first-order chi connectivity index (χ1) is 9.13. The van der Waals surface area contributed by atoms with E-state index >= 15 is 0 Å². The normalized spacial score (nSPS) is 9.68. The van der Waals surface area contributed by atoms with E-state index in [2.05, 4.69) is 9.97 Å². The fourth-order valence-electron chi connectivity index (χ4n) is 1.32. The number of aromatic carboxylic acids is 1. The lowest BCUT2D eigenvalue weighted by Gasteiger charge is -2.08. The van der Waals surface area contributed by atoms with Crippen molar-refractivity contribution in [3.63, 3.8) is 0 Å². The molecule has 19 heavy (non-hydrogen) atoms. The second-order valence-corrected chi connectivity index (χ2v) is 3.72. The SMILES string of the molecule is N#Cc1ccnc(Oc2cccnc2C(=O)O)c1Cl. The van der Waals surface area contributed by atoms with Gasteiger partial charge < -0.3 is 9.84 Å². The van der Waals surface area contributed by atoms with Crippen LogP contribution < -0.4 is 4.74 Å². The topological polar surface area (TPSA) is 96.1 Å². The second kappa shape index (κ2) is 5.33. The van der Waals surface area contributed by atoms with E-state index in [0.29, 0.717) is 0 Å². The molecule has 0 bridgehead atoms. The number of aromatic nitrogens is 2. The molecule has 0 fully saturated rings. The molecule has 0 saturated heterocycles. The highest BCUT2D eigenvalue weighted by molar-refractivity contribution is 6.33. The first kappa shape index (κ1) is 12.8. The zero-order valence-corrected chi connectivity index (χ0v) is 10.1. The van der Waals surface area contributed by atoms with Crippen LogP contribution in [-0.4, -0.2) is 21.0 Å². The molecule has 2 aromatic rings. The van der Waals surface area contributed by atoms with Crippen LogP contribution in [0, 0.1) is 11.3 Å². The molecular formula is C12H6ClN3O3. The van der Waals surface area contributed by atoms with E-state index in [4.69, 9.17) is 26.7 Å². The summed E-state index contributed by atoms with van der Waals surface area (Å²) in [5, 5.41) is 17.8. The zero-order valence-electron chi connectivity index (χ0n) is 9.37. The summed E-state index contributed by atoms with van der Waals surface area (Å²) in [6, 6.07) is 6.24. The molecule has 0 spiro atoms. The molecule has 0 radical (unpaired) electrons. The highest BCUT2D eigenvalue weighted by Gasteiger charge is 2.16. The molecule has 0 aromatic carbocycles. The van der Waals surface area contributed by atoms with Crippen LogP contribution >= 0.6 is 11.6 Å². The Bertz CT molecular complexity index is 682. The van der Waals surface area contributed by atoms with Crippen molar-refractivity contribution in [1.29, 1.82) is 5.26 Å². The van der Waals surface area contributed by atoms with Gasteiger partial charge in [-0.25, -0.2) is 14.8 Å². The number of nitrogens with zero attached hydrogens (tertiary/aromatic N) is 3. The van der Waals surface area contributed by atoms with Gasteiger partial charge in [-0.15, -0.1) is 0 Å². The Morgan fingerprint density at radius 2 is 2.16 bits per heavy atom. The first-order valence-electron chi connectivity index (χ1n) is 5.04. The van der Waals surface area contributed by atoms with Gasteiger partial charge in [0.15, 0.2) is 11.4 Å². The molecule has 94 valence electrons. The summed E-state index contributed by atoms with van der Waals surface area (Å²) in [6.07, 6.45) is 2.67. The number of rotatable bonds is 3. The lowest BCUT2D eigenvalue weighted by atomic mass is 10.3. The van der Waals surface area contributed by atoms with Crippen LogP contribution in [0.15, 0.2) is 30.6 Å². The van der Waals surface area contributed by atoms with Gasteiger partial charge in [-0.05, 0) is 18.2 Å². The number of hydrogen-bond acceptors (Lipinski definition) is 5. The standard InChI is InChI=1S/C12H6ClN3O3/c13-9-7(6-14)3-5-16-11(9)19-8-2-1-4-15-10(8)12(17)18/h1-5H,(H,17,18). The average Bonchev–Trinajstić information content (AvgIpc) is 2.41. The van der Waals surface area contributed by atoms with Crippen LogP contribution in [0.4, 0.5) is 0 Å². The molecule has 6 nitrogen and oxygen atoms in total. The zero-order chi connectivity index (χ0) is 13.8. The van der Waals surface area contributed by atoms with Crippen molar-refractivity contribution in [3.05, 3.63) is 46.9 Å². The van der Waals surface area contributed by atoms with Gasteiger partial charge in [0.1, 0.15) is 11.1 Å². The number of halogens is 1. The minimum atomic E-state index is -1.23. The molecule has 0 saturated carbocycles. The minimum absolute atomic E-state index is 0.000472. The van der Waals surface area contributed by atoms with Gasteiger partial charge in [-0.1, -0.05) is 11.6 Å². The summed E-state index contributed by atoms with van der Waals surface area (Å²) in [7, 11) is 0. The third kappa shape index (κ3) is 2.61. The monoisotopic (exact) mass is 275 g/mol. The van der Waals surface area contributed by atoms with Crippen molar-refractivity contribution in [2.24, 2.45) is 0 Å². The molecule has 0 unspecified atom stereocenters. The Balaban J connectivity index is 2.43. The molecule has 0 atom stereocenters. The molecule has 7 heteroatoms. The fraction of sp³-hybridized carbons (Fsp3) is 0. The fourth-order valence-corrected chi connectivity index (χ4v) is 1.51. The largest absolute Gasteiger partial charge is 0.476 e. The van der Waals surface area contributed by atoms with E-state index in [1.165, 1.54) is 30.6 Å². The Kier molecular flexibility index (Phi) is 3.59. The van der Waals surface area contributed by atoms with Gasteiger partial charge in [0.25, 0.3) is 0 Å². The molecule has 2 aromatic heterocycles. The summed E-state index contributed by atoms with van der Waals surface area (Å²) in [5.41, 5.74) is -0.0739. The number of nitriles is 1. The molecule has 1 N–H and O–H groups in total. The third-order valence-electron chi connectivity index (χ3n) is 2.16. The molecular weight excluding hydrogens is 270 g/mol. The van der Waals surface area contributed by atoms with Crippen LogP contribution in [0.2, 0.25) is 5.02 Å². The van der Waals surface area contributed by atoms with E-state index in [1.54, 1.807) is 0 Å². The molecule has 2 heterocycles. The van der Waals surface area contributed by atoms with Gasteiger partial charge in [0.05, 0.1) is 5.56 Å². The maximum atomic E-state index is 11.0. The van der Waals surface area contributed by atoms with Gasteiger partial charge in [0.2, 0.25) is 5.88 Å². The van der Waals surface area contributed by atoms with Crippen LogP contribution in [-0.2, 0) is 0 Å². The molecule has 0 aliphatic rings. The van der Waals surface area contributed by atoms with Crippen molar-refractivity contribution in [2.45, 2.75) is 0 Å². The lowest BCUT2D eigenvalue weighted by Crippen LogP contribution is -2.03. The highest BCUT2D eigenvalue weighted by Crippen LogP contribution is 2.30. The minimum Gasteiger partial charge on any atom is -0.476 e. The van der Waals surface area contributed by atoms with Gasteiger partial charge >= 0.3 is 5.97 Å². The summed E-state index contributed by atoms with van der Waals surface area (Å²) in [5.74, 6) is -1.28. The number of hydrogen-bond donors (Lipinski definition) is 1. The van der Waals surface area contributed by atoms with Gasteiger partial charge in [-0.2, -0.15) is 5.26 Å². The van der Waals surface area contributed by atoms with Crippen molar-refractivity contribution >= 4 is 17.6 Å². The van der Waals surface area contributed by atoms with Crippen molar-refractivity contribution < 1.29 is 14.6 Å². The average molecular weight is 276 g/mol. The summed E-state index contributed by atoms with van der Waals surface area (Å²) in [4.78, 5) is 18.5. The predicted molar refractivity (Wildman–Crippen MR) is 65.2 cm³/mol. The van der Waals surface area contributed by atoms with E-state index in [0.717, 1.165) is 0 Å². The summed E-state index contributed by atoms with van der Waals surface area (Å²) in [6.45, 7) is 0. The van der Waals surface area contributed by atoms with Crippen molar-refractivity contribution in [3.8, 4) is 17.7 Å². The Hall–Kier alpha value is -2.65. The number of carboxylic acids is 1. The van der Waals surface area contributed by atoms with Gasteiger partial charge in [-0.3, -0.25) is 0 Å². The maximum absolute atomic E-state index is 11.0. The molecule has 0 amide bonds. The van der Waals surface area contributed by atoms with E-state index < -0.39 is 5.97 Å². The Morgan fingerprint density at radius 3 is 2.84 bits per heavy atom. The number of ether oxygens (including phenoxy) is 1. The maximum Gasteiger partial charge on any atom is 0.358 e. The first-order valence-corrected chi connectivity index (χ1v) is 5.42. The van der Waals surface area contributed by atoms with Crippen LogP contribution in [0.5, 0.6) is 11.6 Å². The van der Waals surface area contributed by atoms with Crippen LogP contribution in [0.3, 0.4) is 0 Å². The third-order valence-corrected chi connectivity index (χ3v) is 2.52. The second-order valence-electron chi connectivity index (χ2n) is 3.35. The van der Waals surface area contributed by atoms with E-state index in [-0.39, 0.29) is 27.9 Å².